The average molecular weight is 371 g/mol. The number of aromatic nitrogens is 3. The van der Waals surface area contributed by atoms with Crippen molar-refractivity contribution in [3.63, 3.8) is 0 Å². The van der Waals surface area contributed by atoms with Gasteiger partial charge in [-0.1, -0.05) is 19.9 Å². The largest absolute Gasteiger partial charge is 0.337 e. The van der Waals surface area contributed by atoms with E-state index in [1.807, 2.05) is 29.8 Å². The van der Waals surface area contributed by atoms with Crippen LogP contribution in [-0.2, 0) is 6.54 Å². The van der Waals surface area contributed by atoms with Crippen LogP contribution in [0.2, 0.25) is 0 Å². The molecule has 0 bridgehead atoms. The Morgan fingerprint density at radius 2 is 1.96 bits per heavy atom. The molecule has 0 spiro atoms. The number of likely N-dealkylation sites (tertiary alicyclic amines) is 1. The topological polar surface area (TPSA) is 75.1 Å². The molecule has 27 heavy (non-hydrogen) atoms. The molecule has 0 saturated carbocycles. The van der Waals surface area contributed by atoms with Crippen molar-refractivity contribution in [1.82, 2.24) is 30.1 Å². The molecular formula is C20H30N6O. The van der Waals surface area contributed by atoms with Crippen LogP contribution in [0.3, 0.4) is 0 Å². The number of nitrogens with one attached hydrogen (secondary N) is 2. The smallest absolute Gasteiger partial charge is 0.315 e. The first-order valence-electron chi connectivity index (χ1n) is 9.70. The number of piperidine rings is 1. The normalized spacial score (nSPS) is 20.4. The number of hydrogen-bond acceptors (Lipinski definition) is 4. The van der Waals surface area contributed by atoms with E-state index in [0.717, 1.165) is 48.7 Å². The minimum absolute atomic E-state index is 0.136. The second-order valence-electron chi connectivity index (χ2n) is 7.68. The Hall–Kier alpha value is -2.41. The highest BCUT2D eigenvalue weighted by Gasteiger charge is 2.21. The van der Waals surface area contributed by atoms with Gasteiger partial charge in [0.25, 0.3) is 0 Å². The van der Waals surface area contributed by atoms with E-state index >= 15 is 0 Å². The summed E-state index contributed by atoms with van der Waals surface area (Å²) >= 11 is 0. The predicted octanol–water partition coefficient (Wildman–Crippen LogP) is 2.35. The van der Waals surface area contributed by atoms with Crippen LogP contribution in [0.5, 0.6) is 0 Å². The first-order chi connectivity index (χ1) is 13.0. The summed E-state index contributed by atoms with van der Waals surface area (Å²) in [7, 11) is 0. The summed E-state index contributed by atoms with van der Waals surface area (Å²) in [5.74, 6) is 3.20. The molecule has 0 aromatic carbocycles. The molecule has 1 saturated heterocycles. The molecule has 2 aromatic rings. The Bertz CT molecular complexity index is 731. The van der Waals surface area contributed by atoms with Gasteiger partial charge >= 0.3 is 6.03 Å². The number of nitrogens with zero attached hydrogens (tertiary/aromatic N) is 4. The summed E-state index contributed by atoms with van der Waals surface area (Å²) in [4.78, 5) is 23.1. The molecule has 3 rings (SSSR count). The summed E-state index contributed by atoms with van der Waals surface area (Å²) in [6, 6.07) is 3.77. The second kappa shape index (κ2) is 8.99. The number of pyridine rings is 1. The second-order valence-corrected chi connectivity index (χ2v) is 7.68. The number of urea groups is 1. The lowest BCUT2D eigenvalue weighted by atomic mass is 9.92. The number of aryl methyl sites for hydroxylation is 1. The standard InChI is InChI=1S/C20H30N6O/c1-15-10-16(2)14-25(13-15)8-6-22-20(27)24-12-18-4-5-19(23-11-18)26-9-7-21-17(26)3/h4-5,7,9,11,15-16H,6,8,10,12-14H2,1-3H3,(H2,22,24,27)/t15-,16-/m0/s1. The predicted molar refractivity (Wildman–Crippen MR) is 106 cm³/mol. The van der Waals surface area contributed by atoms with E-state index in [0.29, 0.717) is 13.1 Å². The fourth-order valence-corrected chi connectivity index (χ4v) is 3.83. The fraction of sp³-hybridized carbons (Fsp3) is 0.550. The van der Waals surface area contributed by atoms with Crippen LogP contribution >= 0.6 is 0 Å². The molecule has 3 heterocycles. The summed E-state index contributed by atoms with van der Waals surface area (Å²) < 4.78 is 1.92. The Balaban J connectivity index is 1.38. The number of carbonyl (C=O) groups excluding carboxylic acids is 1. The minimum atomic E-state index is -0.136. The molecule has 146 valence electrons. The molecule has 2 aromatic heterocycles. The van der Waals surface area contributed by atoms with Crippen molar-refractivity contribution in [3.8, 4) is 5.82 Å². The number of carbonyl (C=O) groups is 1. The highest BCUT2D eigenvalue weighted by Crippen LogP contribution is 2.20. The summed E-state index contributed by atoms with van der Waals surface area (Å²) in [5, 5.41) is 5.84. The highest BCUT2D eigenvalue weighted by atomic mass is 16.2. The van der Waals surface area contributed by atoms with Crippen molar-refractivity contribution in [3.05, 3.63) is 42.1 Å². The molecule has 0 aliphatic carbocycles. The SMILES string of the molecule is Cc1nccn1-c1ccc(CNC(=O)NCCN2C[C@@H](C)C[C@H](C)C2)cn1. The summed E-state index contributed by atoms with van der Waals surface area (Å²) in [6.07, 6.45) is 6.72. The van der Waals surface area contributed by atoms with Crippen molar-refractivity contribution < 1.29 is 4.79 Å². The van der Waals surface area contributed by atoms with Crippen LogP contribution in [0.1, 0.15) is 31.7 Å². The van der Waals surface area contributed by atoms with Crippen LogP contribution < -0.4 is 10.6 Å². The molecule has 1 aliphatic heterocycles. The van der Waals surface area contributed by atoms with Crippen LogP contribution in [-0.4, -0.2) is 51.6 Å². The number of rotatable bonds is 6. The van der Waals surface area contributed by atoms with Gasteiger partial charge in [-0.3, -0.25) is 4.57 Å². The maximum absolute atomic E-state index is 12.0. The third-order valence-corrected chi connectivity index (χ3v) is 4.99. The van der Waals surface area contributed by atoms with Gasteiger partial charge in [0.05, 0.1) is 0 Å². The third-order valence-electron chi connectivity index (χ3n) is 4.99. The zero-order valence-corrected chi connectivity index (χ0v) is 16.5. The molecule has 0 radical (unpaired) electrons. The maximum atomic E-state index is 12.0. The first-order valence-corrected chi connectivity index (χ1v) is 9.70. The van der Waals surface area contributed by atoms with E-state index in [1.54, 1.807) is 12.4 Å². The van der Waals surface area contributed by atoms with Crippen molar-refractivity contribution in [2.45, 2.75) is 33.7 Å². The molecule has 2 amide bonds. The van der Waals surface area contributed by atoms with Crippen LogP contribution in [0.15, 0.2) is 30.7 Å². The van der Waals surface area contributed by atoms with E-state index in [9.17, 15) is 4.79 Å². The lowest BCUT2D eigenvalue weighted by molar-refractivity contribution is 0.142. The minimum Gasteiger partial charge on any atom is -0.337 e. The number of amides is 2. The van der Waals surface area contributed by atoms with Gasteiger partial charge < -0.3 is 15.5 Å². The lowest BCUT2D eigenvalue weighted by Crippen LogP contribution is -2.44. The first kappa shape index (κ1) is 19.4. The number of imidazole rings is 1. The average Bonchev–Trinajstić information content (AvgIpc) is 3.05. The molecule has 1 aliphatic rings. The van der Waals surface area contributed by atoms with Crippen LogP contribution in [0.4, 0.5) is 4.79 Å². The van der Waals surface area contributed by atoms with E-state index in [1.165, 1.54) is 6.42 Å². The van der Waals surface area contributed by atoms with Gasteiger partial charge in [-0.25, -0.2) is 14.8 Å². The third kappa shape index (κ3) is 5.53. The van der Waals surface area contributed by atoms with E-state index in [2.05, 4.69) is 39.3 Å². The molecule has 0 unspecified atom stereocenters. The quantitative estimate of drug-likeness (QED) is 0.818. The van der Waals surface area contributed by atoms with Crippen molar-refractivity contribution in [2.75, 3.05) is 26.2 Å². The lowest BCUT2D eigenvalue weighted by Gasteiger charge is -2.34. The zero-order chi connectivity index (χ0) is 19.2. The molecule has 2 N–H and O–H groups in total. The Labute approximate surface area is 161 Å². The van der Waals surface area contributed by atoms with Gasteiger partial charge in [0.1, 0.15) is 11.6 Å². The Morgan fingerprint density at radius 1 is 1.19 bits per heavy atom. The van der Waals surface area contributed by atoms with E-state index in [4.69, 9.17) is 0 Å². The van der Waals surface area contributed by atoms with Gasteiger partial charge in [0.2, 0.25) is 0 Å². The molecule has 2 atom stereocenters. The molecule has 1 fully saturated rings. The van der Waals surface area contributed by atoms with Crippen LogP contribution in [0, 0.1) is 18.8 Å². The maximum Gasteiger partial charge on any atom is 0.315 e. The van der Waals surface area contributed by atoms with Gasteiger partial charge in [-0.15, -0.1) is 0 Å². The summed E-state index contributed by atoms with van der Waals surface area (Å²) in [6.45, 7) is 10.8. The molecule has 7 heteroatoms. The Morgan fingerprint density at radius 3 is 2.59 bits per heavy atom. The van der Waals surface area contributed by atoms with Crippen molar-refractivity contribution in [1.29, 1.82) is 0 Å². The Kier molecular flexibility index (Phi) is 6.45. The summed E-state index contributed by atoms with van der Waals surface area (Å²) in [5.41, 5.74) is 0.963. The molecular weight excluding hydrogens is 340 g/mol. The fourth-order valence-electron chi connectivity index (χ4n) is 3.83. The van der Waals surface area contributed by atoms with Crippen molar-refractivity contribution >= 4 is 6.03 Å². The van der Waals surface area contributed by atoms with Gasteiger partial charge in [0.15, 0.2) is 0 Å². The van der Waals surface area contributed by atoms with Gasteiger partial charge in [-0.05, 0) is 36.8 Å². The number of hydrogen-bond donors (Lipinski definition) is 2. The monoisotopic (exact) mass is 370 g/mol. The van der Waals surface area contributed by atoms with E-state index in [-0.39, 0.29) is 6.03 Å². The zero-order valence-electron chi connectivity index (χ0n) is 16.5. The van der Waals surface area contributed by atoms with E-state index < -0.39 is 0 Å². The van der Waals surface area contributed by atoms with Crippen molar-refractivity contribution in [2.24, 2.45) is 11.8 Å². The highest BCUT2D eigenvalue weighted by molar-refractivity contribution is 5.73. The van der Waals surface area contributed by atoms with Gasteiger partial charge in [0, 0.05) is 51.3 Å². The van der Waals surface area contributed by atoms with Gasteiger partial charge in [-0.2, -0.15) is 0 Å². The van der Waals surface area contributed by atoms with Crippen LogP contribution in [0.25, 0.3) is 5.82 Å². The molecule has 7 nitrogen and oxygen atoms in total.